The predicted octanol–water partition coefficient (Wildman–Crippen LogP) is 2.65. The molecule has 0 saturated heterocycles. The van der Waals surface area contributed by atoms with Crippen LogP contribution in [-0.4, -0.2) is 31.3 Å². The summed E-state index contributed by atoms with van der Waals surface area (Å²) < 4.78 is 0. The number of amides is 1. The molecule has 2 aromatic carbocycles. The van der Waals surface area contributed by atoms with Crippen LogP contribution in [0.2, 0.25) is 0 Å². The van der Waals surface area contributed by atoms with Crippen LogP contribution in [-0.2, 0) is 0 Å². The van der Waals surface area contributed by atoms with Crippen LogP contribution in [0.25, 0.3) is 22.2 Å². The second kappa shape index (κ2) is 5.71. The quantitative estimate of drug-likeness (QED) is 0.343. The standard InChI is InChI=1S/C20H15N5O3/c21-19(28)18-15-10-3-1-2-4-12(10)23-17(9-5-6-13(26)14(27)7-9)11-8-22-20(16(11)15)25-24-18/h1-8,17,23,26-27H,(H2,21,28)(H,22,25). The summed E-state index contributed by atoms with van der Waals surface area (Å²) >= 11 is 0. The van der Waals surface area contributed by atoms with Crippen molar-refractivity contribution in [1.82, 2.24) is 15.2 Å². The molecule has 1 aliphatic rings. The number of aromatic nitrogens is 3. The molecule has 0 saturated carbocycles. The van der Waals surface area contributed by atoms with Crippen LogP contribution in [0.5, 0.6) is 11.5 Å². The van der Waals surface area contributed by atoms with E-state index in [0.29, 0.717) is 11.2 Å². The van der Waals surface area contributed by atoms with E-state index in [0.717, 1.165) is 27.8 Å². The highest BCUT2D eigenvalue weighted by Crippen LogP contribution is 2.45. The van der Waals surface area contributed by atoms with E-state index in [-0.39, 0.29) is 23.2 Å². The lowest BCUT2D eigenvalue weighted by Gasteiger charge is -2.20. The van der Waals surface area contributed by atoms with Gasteiger partial charge in [0, 0.05) is 34.0 Å². The number of benzene rings is 2. The summed E-state index contributed by atoms with van der Waals surface area (Å²) in [4.78, 5) is 15.2. The summed E-state index contributed by atoms with van der Waals surface area (Å²) in [6.45, 7) is 0. The summed E-state index contributed by atoms with van der Waals surface area (Å²) in [5.41, 5.74) is 9.94. The molecule has 8 heteroatoms. The normalized spacial score (nSPS) is 14.9. The zero-order valence-corrected chi connectivity index (χ0v) is 14.5. The zero-order valence-electron chi connectivity index (χ0n) is 14.5. The minimum atomic E-state index is -0.660. The molecule has 0 bridgehead atoms. The van der Waals surface area contributed by atoms with E-state index in [2.05, 4.69) is 20.5 Å². The molecule has 5 rings (SSSR count). The molecule has 0 radical (unpaired) electrons. The molecule has 3 heterocycles. The number of primary amides is 1. The Labute approximate surface area is 158 Å². The molecule has 1 amide bonds. The van der Waals surface area contributed by atoms with Gasteiger partial charge in [-0.25, -0.2) is 0 Å². The second-order valence-corrected chi connectivity index (χ2v) is 6.63. The summed E-state index contributed by atoms with van der Waals surface area (Å²) in [5, 5.41) is 32.0. The minimum Gasteiger partial charge on any atom is -0.504 e. The average molecular weight is 373 g/mol. The molecule has 8 nitrogen and oxygen atoms in total. The molecule has 0 fully saturated rings. The summed E-state index contributed by atoms with van der Waals surface area (Å²) in [7, 11) is 0. The molecule has 0 aliphatic carbocycles. The number of para-hydroxylation sites is 1. The Balaban J connectivity index is 1.88. The van der Waals surface area contributed by atoms with E-state index in [4.69, 9.17) is 5.73 Å². The van der Waals surface area contributed by atoms with Crippen molar-refractivity contribution in [3.05, 3.63) is 65.5 Å². The number of carbonyl (C=O) groups excluding carboxylic acids is 1. The third kappa shape index (κ3) is 2.21. The van der Waals surface area contributed by atoms with Crippen molar-refractivity contribution < 1.29 is 15.0 Å². The molecule has 1 atom stereocenters. The molecular formula is C20H15N5O3. The number of anilines is 1. The maximum Gasteiger partial charge on any atom is 0.269 e. The fourth-order valence-electron chi connectivity index (χ4n) is 3.74. The molecule has 2 aromatic heterocycles. The van der Waals surface area contributed by atoms with E-state index >= 15 is 0 Å². The lowest BCUT2D eigenvalue weighted by Crippen LogP contribution is -2.15. The Bertz CT molecular complexity index is 1260. The van der Waals surface area contributed by atoms with Crippen molar-refractivity contribution in [2.45, 2.75) is 6.04 Å². The van der Waals surface area contributed by atoms with Gasteiger partial charge >= 0.3 is 0 Å². The average Bonchev–Trinajstić information content (AvgIpc) is 3.05. The van der Waals surface area contributed by atoms with E-state index in [9.17, 15) is 15.0 Å². The van der Waals surface area contributed by atoms with Gasteiger partial charge in [-0.2, -0.15) is 0 Å². The third-order valence-electron chi connectivity index (χ3n) is 5.00. The lowest BCUT2D eigenvalue weighted by molar-refractivity contribution is 0.0995. The highest BCUT2D eigenvalue weighted by Gasteiger charge is 2.30. The fraction of sp³-hybridized carbons (Fsp3) is 0.0500. The molecule has 6 N–H and O–H groups in total. The van der Waals surface area contributed by atoms with Crippen LogP contribution in [0, 0.1) is 0 Å². The highest BCUT2D eigenvalue weighted by molar-refractivity contribution is 6.10. The van der Waals surface area contributed by atoms with Crippen LogP contribution < -0.4 is 11.1 Å². The SMILES string of the molecule is NC(=O)c1nnc2[nH]cc3c2c1-c1ccccc1NC3c1ccc(O)c(O)c1. The minimum absolute atomic E-state index is 0.0943. The fourth-order valence-corrected chi connectivity index (χ4v) is 3.74. The van der Waals surface area contributed by atoms with Crippen LogP contribution in [0.3, 0.4) is 0 Å². The van der Waals surface area contributed by atoms with Crippen molar-refractivity contribution in [3.63, 3.8) is 0 Å². The van der Waals surface area contributed by atoms with Gasteiger partial charge in [0.25, 0.3) is 5.91 Å². The summed E-state index contributed by atoms with van der Waals surface area (Å²) in [6, 6.07) is 11.8. The molecule has 0 spiro atoms. The molecular weight excluding hydrogens is 358 g/mol. The lowest BCUT2D eigenvalue weighted by atomic mass is 9.95. The van der Waals surface area contributed by atoms with Gasteiger partial charge in [-0.15, -0.1) is 10.2 Å². The Morgan fingerprint density at radius 1 is 1.07 bits per heavy atom. The van der Waals surface area contributed by atoms with Crippen LogP contribution in [0.15, 0.2) is 48.7 Å². The third-order valence-corrected chi connectivity index (χ3v) is 5.00. The van der Waals surface area contributed by atoms with Gasteiger partial charge in [0.2, 0.25) is 0 Å². The summed E-state index contributed by atoms with van der Waals surface area (Å²) in [5.74, 6) is -1.07. The van der Waals surface area contributed by atoms with Gasteiger partial charge in [0.15, 0.2) is 22.8 Å². The number of aromatic amines is 1. The number of aromatic hydroxyl groups is 2. The Hall–Kier alpha value is -4.07. The smallest absolute Gasteiger partial charge is 0.269 e. The number of rotatable bonds is 2. The van der Waals surface area contributed by atoms with E-state index in [1.54, 1.807) is 12.3 Å². The van der Waals surface area contributed by atoms with Crippen molar-refractivity contribution in [3.8, 4) is 22.6 Å². The van der Waals surface area contributed by atoms with Crippen LogP contribution >= 0.6 is 0 Å². The number of H-pyrrole nitrogens is 1. The van der Waals surface area contributed by atoms with Crippen LogP contribution in [0.1, 0.15) is 27.7 Å². The van der Waals surface area contributed by atoms with Gasteiger partial charge in [-0.1, -0.05) is 24.3 Å². The first-order valence-electron chi connectivity index (χ1n) is 8.60. The zero-order chi connectivity index (χ0) is 19.4. The van der Waals surface area contributed by atoms with Crippen molar-refractivity contribution in [2.24, 2.45) is 5.73 Å². The molecule has 138 valence electrons. The number of hydrogen-bond acceptors (Lipinski definition) is 6. The first-order valence-corrected chi connectivity index (χ1v) is 8.60. The second-order valence-electron chi connectivity index (χ2n) is 6.63. The molecule has 1 aliphatic heterocycles. The maximum absolute atomic E-state index is 12.1. The number of phenols is 2. The molecule has 4 aromatic rings. The van der Waals surface area contributed by atoms with Gasteiger partial charge in [0.05, 0.1) is 6.04 Å². The molecule has 1 unspecified atom stereocenters. The van der Waals surface area contributed by atoms with Gasteiger partial charge in [0.1, 0.15) is 0 Å². The number of carbonyl (C=O) groups is 1. The van der Waals surface area contributed by atoms with E-state index in [1.165, 1.54) is 12.1 Å². The number of phenolic OH excluding ortho intramolecular Hbond substituents is 2. The van der Waals surface area contributed by atoms with Crippen molar-refractivity contribution in [2.75, 3.05) is 5.32 Å². The van der Waals surface area contributed by atoms with Gasteiger partial charge in [-0.05, 0) is 23.8 Å². The number of nitrogens with two attached hydrogens (primary N) is 1. The van der Waals surface area contributed by atoms with Crippen LogP contribution in [0.4, 0.5) is 5.69 Å². The molecule has 28 heavy (non-hydrogen) atoms. The van der Waals surface area contributed by atoms with Crippen molar-refractivity contribution in [1.29, 1.82) is 0 Å². The first kappa shape index (κ1) is 16.1. The number of hydrogen-bond donors (Lipinski definition) is 5. The maximum atomic E-state index is 12.1. The Morgan fingerprint density at radius 2 is 1.89 bits per heavy atom. The van der Waals surface area contributed by atoms with E-state index in [1.807, 2.05) is 24.3 Å². The number of nitrogens with zero attached hydrogens (tertiary/aromatic N) is 2. The summed E-state index contributed by atoms with van der Waals surface area (Å²) in [6.07, 6.45) is 1.79. The van der Waals surface area contributed by atoms with E-state index < -0.39 is 5.91 Å². The number of nitrogens with one attached hydrogen (secondary N) is 2. The predicted molar refractivity (Wildman–Crippen MR) is 103 cm³/mol. The van der Waals surface area contributed by atoms with Gasteiger partial charge < -0.3 is 26.2 Å². The highest BCUT2D eigenvalue weighted by atomic mass is 16.3. The first-order chi connectivity index (χ1) is 13.5. The van der Waals surface area contributed by atoms with Crippen molar-refractivity contribution >= 4 is 22.6 Å². The Kier molecular flexibility index (Phi) is 3.29. The largest absolute Gasteiger partial charge is 0.504 e. The monoisotopic (exact) mass is 373 g/mol. The van der Waals surface area contributed by atoms with Gasteiger partial charge in [-0.3, -0.25) is 4.79 Å². The Morgan fingerprint density at radius 3 is 2.68 bits per heavy atom. The topological polar surface area (TPSA) is 137 Å². The number of fused-ring (bicyclic) bond motifs is 2.